The van der Waals surface area contributed by atoms with Gasteiger partial charge >= 0.3 is 0 Å². The summed E-state index contributed by atoms with van der Waals surface area (Å²) < 4.78 is 0. The fourth-order valence-corrected chi connectivity index (χ4v) is 3.11. The Bertz CT molecular complexity index is 214. The molecule has 0 aromatic carbocycles. The maximum absolute atomic E-state index is 11.7. The Balaban J connectivity index is 2.26. The molecular formula is C10H15ClO. The molecule has 0 aliphatic heterocycles. The van der Waals surface area contributed by atoms with Gasteiger partial charge < -0.3 is 0 Å². The molecular weight excluding hydrogens is 172 g/mol. The van der Waals surface area contributed by atoms with Crippen LogP contribution < -0.4 is 0 Å². The van der Waals surface area contributed by atoms with Crippen molar-refractivity contribution < 1.29 is 4.79 Å². The Morgan fingerprint density at radius 3 is 3.00 bits per heavy atom. The number of ketones is 1. The van der Waals surface area contributed by atoms with E-state index in [0.29, 0.717) is 23.5 Å². The second-order valence-electron chi connectivity index (χ2n) is 4.55. The molecule has 2 fully saturated rings. The second kappa shape index (κ2) is 2.73. The van der Waals surface area contributed by atoms with E-state index in [-0.39, 0.29) is 5.41 Å². The summed E-state index contributed by atoms with van der Waals surface area (Å²) in [6, 6.07) is 0. The highest BCUT2D eigenvalue weighted by Gasteiger charge is 2.48. The topological polar surface area (TPSA) is 17.1 Å². The molecule has 0 amide bonds. The molecule has 0 unspecified atom stereocenters. The van der Waals surface area contributed by atoms with Gasteiger partial charge in [-0.15, -0.1) is 11.6 Å². The first-order valence-electron chi connectivity index (χ1n) is 4.76. The fraction of sp³-hybridized carbons (Fsp3) is 0.900. The number of Topliss-reactive ketones (excluding diaryl/α,β-unsaturated/α-hetero) is 1. The summed E-state index contributed by atoms with van der Waals surface area (Å²) in [5.41, 5.74) is -0.186. The molecule has 2 bridgehead atoms. The average Bonchev–Trinajstić information content (AvgIpc) is 2.47. The minimum Gasteiger partial charge on any atom is -0.299 e. The third-order valence-electron chi connectivity index (χ3n) is 3.83. The monoisotopic (exact) mass is 186 g/mol. The van der Waals surface area contributed by atoms with Gasteiger partial charge in [-0.3, -0.25) is 4.79 Å². The summed E-state index contributed by atoms with van der Waals surface area (Å²) in [6.07, 6.45) is 4.51. The SMILES string of the molecule is C[C@]1(CCl)C(=O)C[C@H]2CC[C@@H]1C2. The number of halogens is 1. The van der Waals surface area contributed by atoms with Gasteiger partial charge in [-0.05, 0) is 31.1 Å². The van der Waals surface area contributed by atoms with E-state index in [0.717, 1.165) is 6.42 Å². The van der Waals surface area contributed by atoms with Crippen molar-refractivity contribution in [2.75, 3.05) is 5.88 Å². The molecule has 12 heavy (non-hydrogen) atoms. The van der Waals surface area contributed by atoms with Crippen molar-refractivity contribution in [2.24, 2.45) is 17.3 Å². The predicted molar refractivity (Wildman–Crippen MR) is 49.3 cm³/mol. The largest absolute Gasteiger partial charge is 0.299 e. The van der Waals surface area contributed by atoms with Crippen molar-refractivity contribution in [2.45, 2.75) is 32.6 Å². The van der Waals surface area contributed by atoms with Gasteiger partial charge in [-0.2, -0.15) is 0 Å². The Labute approximate surface area is 78.5 Å². The van der Waals surface area contributed by atoms with Gasteiger partial charge in [0.25, 0.3) is 0 Å². The van der Waals surface area contributed by atoms with Gasteiger partial charge in [0, 0.05) is 17.7 Å². The van der Waals surface area contributed by atoms with Crippen LogP contribution >= 0.6 is 11.6 Å². The lowest BCUT2D eigenvalue weighted by molar-refractivity contribution is -0.132. The summed E-state index contributed by atoms with van der Waals surface area (Å²) in [5.74, 6) is 2.21. The Morgan fingerprint density at radius 1 is 1.58 bits per heavy atom. The van der Waals surface area contributed by atoms with Gasteiger partial charge in [0.2, 0.25) is 0 Å². The maximum atomic E-state index is 11.7. The summed E-state index contributed by atoms with van der Waals surface area (Å²) in [6.45, 7) is 2.05. The number of fused-ring (bicyclic) bond motifs is 2. The minimum atomic E-state index is -0.186. The molecule has 0 aromatic rings. The standard InChI is InChI=1S/C10H15ClO/c1-10(6-11)8-3-2-7(4-8)5-9(10)12/h7-8H,2-6H2,1H3/t7-,8+,10+/m0/s1. The molecule has 0 N–H and O–H groups in total. The van der Waals surface area contributed by atoms with Crippen LogP contribution in [0.3, 0.4) is 0 Å². The normalized spacial score (nSPS) is 46.7. The highest BCUT2D eigenvalue weighted by atomic mass is 35.5. The Morgan fingerprint density at radius 2 is 2.33 bits per heavy atom. The number of carbonyl (C=O) groups excluding carboxylic acids is 1. The molecule has 1 nitrogen and oxygen atoms in total. The molecule has 2 saturated carbocycles. The van der Waals surface area contributed by atoms with Gasteiger partial charge in [0.15, 0.2) is 0 Å². The predicted octanol–water partition coefficient (Wildman–Crippen LogP) is 2.62. The van der Waals surface area contributed by atoms with E-state index in [1.165, 1.54) is 19.3 Å². The lowest BCUT2D eigenvalue weighted by Gasteiger charge is -2.36. The highest BCUT2D eigenvalue weighted by Crippen LogP contribution is 2.50. The number of alkyl halides is 1. The van der Waals surface area contributed by atoms with Crippen LogP contribution in [0, 0.1) is 17.3 Å². The summed E-state index contributed by atoms with van der Waals surface area (Å²) in [4.78, 5) is 11.7. The van der Waals surface area contributed by atoms with Crippen molar-refractivity contribution in [1.82, 2.24) is 0 Å². The van der Waals surface area contributed by atoms with Gasteiger partial charge in [0.1, 0.15) is 5.78 Å². The van der Waals surface area contributed by atoms with E-state index in [9.17, 15) is 4.79 Å². The van der Waals surface area contributed by atoms with Crippen molar-refractivity contribution in [1.29, 1.82) is 0 Å². The Kier molecular flexibility index (Phi) is 1.95. The smallest absolute Gasteiger partial charge is 0.140 e. The highest BCUT2D eigenvalue weighted by molar-refractivity contribution is 6.20. The van der Waals surface area contributed by atoms with Gasteiger partial charge in [0.05, 0.1) is 0 Å². The zero-order valence-electron chi connectivity index (χ0n) is 7.48. The molecule has 0 heterocycles. The van der Waals surface area contributed by atoms with Crippen molar-refractivity contribution in [3.05, 3.63) is 0 Å². The average molecular weight is 187 g/mol. The van der Waals surface area contributed by atoms with Crippen LogP contribution in [-0.2, 0) is 4.79 Å². The van der Waals surface area contributed by atoms with E-state index < -0.39 is 0 Å². The van der Waals surface area contributed by atoms with Crippen LogP contribution in [0.1, 0.15) is 32.6 Å². The molecule has 0 aromatic heterocycles. The number of rotatable bonds is 1. The van der Waals surface area contributed by atoms with E-state index in [1.54, 1.807) is 0 Å². The van der Waals surface area contributed by atoms with Crippen molar-refractivity contribution in [3.8, 4) is 0 Å². The van der Waals surface area contributed by atoms with Crippen LogP contribution in [0.2, 0.25) is 0 Å². The minimum absolute atomic E-state index is 0.186. The molecule has 2 rings (SSSR count). The third kappa shape index (κ3) is 1.02. The van der Waals surface area contributed by atoms with Crippen LogP contribution in [0.4, 0.5) is 0 Å². The molecule has 0 radical (unpaired) electrons. The number of hydrogen-bond acceptors (Lipinski definition) is 1. The molecule has 3 atom stereocenters. The first-order valence-corrected chi connectivity index (χ1v) is 5.29. The molecule has 0 spiro atoms. The summed E-state index contributed by atoms with van der Waals surface area (Å²) in [7, 11) is 0. The first-order chi connectivity index (χ1) is 5.66. The van der Waals surface area contributed by atoms with Gasteiger partial charge in [-0.25, -0.2) is 0 Å². The van der Waals surface area contributed by atoms with Crippen molar-refractivity contribution in [3.63, 3.8) is 0 Å². The third-order valence-corrected chi connectivity index (χ3v) is 4.39. The zero-order valence-corrected chi connectivity index (χ0v) is 8.23. The summed E-state index contributed by atoms with van der Waals surface area (Å²) >= 11 is 5.89. The van der Waals surface area contributed by atoms with Crippen LogP contribution in [0.25, 0.3) is 0 Å². The molecule has 2 heteroatoms. The number of hydrogen-bond donors (Lipinski definition) is 0. The Hall–Kier alpha value is -0.0400. The van der Waals surface area contributed by atoms with Crippen molar-refractivity contribution >= 4 is 17.4 Å². The second-order valence-corrected chi connectivity index (χ2v) is 4.82. The van der Waals surface area contributed by atoms with E-state index >= 15 is 0 Å². The van der Waals surface area contributed by atoms with Crippen LogP contribution in [0.15, 0.2) is 0 Å². The molecule has 2 aliphatic rings. The molecule has 2 aliphatic carbocycles. The fourth-order valence-electron chi connectivity index (χ4n) is 2.75. The maximum Gasteiger partial charge on any atom is 0.140 e. The van der Waals surface area contributed by atoms with E-state index in [4.69, 9.17) is 11.6 Å². The zero-order chi connectivity index (χ0) is 8.77. The molecule has 68 valence electrons. The first kappa shape index (κ1) is 8.55. The number of carbonyl (C=O) groups is 1. The summed E-state index contributed by atoms with van der Waals surface area (Å²) in [5, 5.41) is 0. The lowest BCUT2D eigenvalue weighted by Crippen LogP contribution is -2.40. The van der Waals surface area contributed by atoms with Gasteiger partial charge in [-0.1, -0.05) is 6.92 Å². The van der Waals surface area contributed by atoms with E-state index in [1.807, 2.05) is 0 Å². The lowest BCUT2D eigenvalue weighted by atomic mass is 9.68. The van der Waals surface area contributed by atoms with E-state index in [2.05, 4.69) is 6.92 Å². The van der Waals surface area contributed by atoms with Crippen LogP contribution in [-0.4, -0.2) is 11.7 Å². The van der Waals surface area contributed by atoms with Crippen LogP contribution in [0.5, 0.6) is 0 Å². The molecule has 0 saturated heterocycles. The quantitative estimate of drug-likeness (QED) is 0.576.